The zero-order chi connectivity index (χ0) is 19.6. The zero-order valence-electron chi connectivity index (χ0n) is 14.7. The number of fused-ring (bicyclic) bond motifs is 1. The molecule has 3 rings (SSSR count). The molecular formula is C17H18N6O4. The summed E-state index contributed by atoms with van der Waals surface area (Å²) in [5.74, 6) is -0.737. The Morgan fingerprint density at radius 3 is 2.81 bits per heavy atom. The molecular weight excluding hydrogens is 352 g/mol. The SMILES string of the molecule is CC(C)C(c1nc2cc(C(N)=O)ccc2o1)n1cc(/C=C/C(=O)NO)nn1. The van der Waals surface area contributed by atoms with Gasteiger partial charge >= 0.3 is 0 Å². The highest BCUT2D eigenvalue weighted by Gasteiger charge is 2.25. The molecule has 0 aliphatic carbocycles. The number of rotatable bonds is 6. The molecule has 0 bridgehead atoms. The lowest BCUT2D eigenvalue weighted by atomic mass is 10.0. The lowest BCUT2D eigenvalue weighted by Gasteiger charge is -2.16. The molecule has 0 aliphatic heterocycles. The largest absolute Gasteiger partial charge is 0.438 e. The summed E-state index contributed by atoms with van der Waals surface area (Å²) in [6, 6.07) is 4.45. The van der Waals surface area contributed by atoms with E-state index in [1.54, 1.807) is 29.1 Å². The number of amides is 2. The first-order valence-corrected chi connectivity index (χ1v) is 8.13. The van der Waals surface area contributed by atoms with Gasteiger partial charge in [0.15, 0.2) is 5.58 Å². The number of aromatic nitrogens is 4. The van der Waals surface area contributed by atoms with Crippen molar-refractivity contribution < 1.29 is 19.2 Å². The van der Waals surface area contributed by atoms with E-state index in [1.165, 1.54) is 11.6 Å². The number of carbonyl (C=O) groups is 2. The Morgan fingerprint density at radius 2 is 2.15 bits per heavy atom. The van der Waals surface area contributed by atoms with Crippen LogP contribution >= 0.6 is 0 Å². The molecule has 3 aromatic rings. The minimum Gasteiger partial charge on any atom is -0.438 e. The Morgan fingerprint density at radius 1 is 1.37 bits per heavy atom. The van der Waals surface area contributed by atoms with Crippen molar-refractivity contribution in [3.8, 4) is 0 Å². The fraction of sp³-hybridized carbons (Fsp3) is 0.235. The lowest BCUT2D eigenvalue weighted by Crippen LogP contribution is -2.17. The molecule has 0 saturated heterocycles. The summed E-state index contributed by atoms with van der Waals surface area (Å²) in [4.78, 5) is 26.9. The van der Waals surface area contributed by atoms with Crippen molar-refractivity contribution in [1.29, 1.82) is 0 Å². The van der Waals surface area contributed by atoms with Crippen LogP contribution in [-0.2, 0) is 4.79 Å². The average molecular weight is 370 g/mol. The summed E-state index contributed by atoms with van der Waals surface area (Å²) in [6.07, 6.45) is 4.18. The Labute approximate surface area is 153 Å². The number of primary amides is 1. The molecule has 0 fully saturated rings. The van der Waals surface area contributed by atoms with Gasteiger partial charge in [0.1, 0.15) is 17.3 Å². The van der Waals surface area contributed by atoms with Crippen LogP contribution in [0.15, 0.2) is 34.9 Å². The van der Waals surface area contributed by atoms with Crippen molar-refractivity contribution in [2.24, 2.45) is 11.7 Å². The van der Waals surface area contributed by atoms with Crippen molar-refractivity contribution in [2.45, 2.75) is 19.9 Å². The van der Waals surface area contributed by atoms with Crippen LogP contribution in [0.25, 0.3) is 17.2 Å². The normalized spacial score (nSPS) is 12.7. The number of oxazole rings is 1. The van der Waals surface area contributed by atoms with Crippen molar-refractivity contribution in [3.63, 3.8) is 0 Å². The van der Waals surface area contributed by atoms with Gasteiger partial charge in [0.2, 0.25) is 11.8 Å². The number of nitrogens with two attached hydrogens (primary N) is 1. The van der Waals surface area contributed by atoms with E-state index in [2.05, 4.69) is 15.3 Å². The minimum atomic E-state index is -0.672. The van der Waals surface area contributed by atoms with Crippen LogP contribution in [0, 0.1) is 5.92 Å². The first-order valence-electron chi connectivity index (χ1n) is 8.13. The van der Waals surface area contributed by atoms with E-state index in [0.717, 1.165) is 6.08 Å². The number of hydroxylamine groups is 1. The number of hydrogen-bond acceptors (Lipinski definition) is 7. The number of hydrogen-bond donors (Lipinski definition) is 3. The Balaban J connectivity index is 1.95. The fourth-order valence-electron chi connectivity index (χ4n) is 2.63. The molecule has 10 heteroatoms. The topological polar surface area (TPSA) is 149 Å². The molecule has 0 spiro atoms. The van der Waals surface area contributed by atoms with E-state index in [9.17, 15) is 9.59 Å². The fourth-order valence-corrected chi connectivity index (χ4v) is 2.63. The third kappa shape index (κ3) is 3.85. The smallest absolute Gasteiger partial charge is 0.267 e. The van der Waals surface area contributed by atoms with Crippen LogP contribution in [0.5, 0.6) is 0 Å². The summed E-state index contributed by atoms with van der Waals surface area (Å²) in [6.45, 7) is 3.95. The van der Waals surface area contributed by atoms with Gasteiger partial charge in [-0.2, -0.15) is 0 Å². The van der Waals surface area contributed by atoms with Crippen LogP contribution in [0.4, 0.5) is 0 Å². The number of benzene rings is 1. The Hall–Kier alpha value is -3.53. The van der Waals surface area contributed by atoms with Crippen LogP contribution < -0.4 is 11.2 Å². The maximum atomic E-state index is 11.3. The van der Waals surface area contributed by atoms with Crippen LogP contribution in [-0.4, -0.2) is 37.0 Å². The van der Waals surface area contributed by atoms with E-state index >= 15 is 0 Å². The highest BCUT2D eigenvalue weighted by atomic mass is 16.5. The molecule has 0 aliphatic rings. The average Bonchev–Trinajstić information content (AvgIpc) is 3.25. The minimum absolute atomic E-state index is 0.0629. The molecule has 1 unspecified atom stereocenters. The van der Waals surface area contributed by atoms with Gasteiger partial charge in [0.25, 0.3) is 5.91 Å². The molecule has 1 atom stereocenters. The molecule has 2 amide bonds. The molecule has 2 heterocycles. The standard InChI is InChI=1S/C17H18N6O4/c1-9(2)15(23-8-11(20-22-23)4-6-14(24)21-26)17-19-12-7-10(16(18)25)3-5-13(12)27-17/h3-9,15,26H,1-2H3,(H2,18,25)(H,21,24)/b6-4+. The van der Waals surface area contributed by atoms with E-state index in [4.69, 9.17) is 15.4 Å². The second kappa shape index (κ2) is 7.38. The van der Waals surface area contributed by atoms with Gasteiger partial charge in [-0.15, -0.1) is 5.10 Å². The Kier molecular flexibility index (Phi) is 4.99. The van der Waals surface area contributed by atoms with Crippen LogP contribution in [0.2, 0.25) is 0 Å². The second-order valence-electron chi connectivity index (χ2n) is 6.22. The zero-order valence-corrected chi connectivity index (χ0v) is 14.7. The molecule has 1 aromatic carbocycles. The lowest BCUT2D eigenvalue weighted by molar-refractivity contribution is -0.124. The van der Waals surface area contributed by atoms with Crippen molar-refractivity contribution >= 4 is 29.0 Å². The summed E-state index contributed by atoms with van der Waals surface area (Å²) in [7, 11) is 0. The monoisotopic (exact) mass is 370 g/mol. The maximum absolute atomic E-state index is 11.3. The van der Waals surface area contributed by atoms with Gasteiger partial charge in [-0.05, 0) is 30.2 Å². The molecule has 0 saturated carbocycles. The molecule has 27 heavy (non-hydrogen) atoms. The quantitative estimate of drug-likeness (QED) is 0.336. The summed E-state index contributed by atoms with van der Waals surface area (Å²) < 4.78 is 7.42. The van der Waals surface area contributed by atoms with Crippen LogP contribution in [0.3, 0.4) is 0 Å². The van der Waals surface area contributed by atoms with Gasteiger partial charge in [0, 0.05) is 11.6 Å². The highest BCUT2D eigenvalue weighted by molar-refractivity contribution is 5.95. The molecule has 10 nitrogen and oxygen atoms in total. The van der Waals surface area contributed by atoms with Crippen molar-refractivity contribution in [3.05, 3.63) is 47.6 Å². The first-order chi connectivity index (χ1) is 12.9. The summed E-state index contributed by atoms with van der Waals surface area (Å²) >= 11 is 0. The van der Waals surface area contributed by atoms with Gasteiger partial charge in [-0.3, -0.25) is 14.8 Å². The summed E-state index contributed by atoms with van der Waals surface area (Å²) in [5, 5.41) is 16.6. The second-order valence-corrected chi connectivity index (χ2v) is 6.22. The molecule has 0 radical (unpaired) electrons. The molecule has 2 aromatic heterocycles. The van der Waals surface area contributed by atoms with E-state index < -0.39 is 11.8 Å². The number of carbonyl (C=O) groups excluding carboxylic acids is 2. The third-order valence-electron chi connectivity index (χ3n) is 3.90. The maximum Gasteiger partial charge on any atom is 0.267 e. The third-order valence-corrected chi connectivity index (χ3v) is 3.90. The predicted molar refractivity (Wildman–Crippen MR) is 94.5 cm³/mol. The van der Waals surface area contributed by atoms with Gasteiger partial charge in [0.05, 0.1) is 6.20 Å². The van der Waals surface area contributed by atoms with Gasteiger partial charge < -0.3 is 10.2 Å². The Bertz CT molecular complexity index is 1020. The number of nitrogens with one attached hydrogen (secondary N) is 1. The number of nitrogens with zero attached hydrogens (tertiary/aromatic N) is 4. The molecule has 4 N–H and O–H groups in total. The van der Waals surface area contributed by atoms with E-state index in [0.29, 0.717) is 28.2 Å². The molecule has 140 valence electrons. The van der Waals surface area contributed by atoms with Crippen molar-refractivity contribution in [2.75, 3.05) is 0 Å². The highest BCUT2D eigenvalue weighted by Crippen LogP contribution is 2.28. The first kappa shape index (κ1) is 18.3. The van der Waals surface area contributed by atoms with Gasteiger partial charge in [-0.25, -0.2) is 15.1 Å². The predicted octanol–water partition coefficient (Wildman–Crippen LogP) is 1.28. The van der Waals surface area contributed by atoms with Crippen LogP contribution in [0.1, 0.15) is 41.8 Å². The summed E-state index contributed by atoms with van der Waals surface area (Å²) in [5.41, 5.74) is 8.62. The van der Waals surface area contributed by atoms with E-state index in [-0.39, 0.29) is 12.0 Å². The van der Waals surface area contributed by atoms with E-state index in [1.807, 2.05) is 13.8 Å². The van der Waals surface area contributed by atoms with Gasteiger partial charge in [-0.1, -0.05) is 19.1 Å². The van der Waals surface area contributed by atoms with Crippen molar-refractivity contribution in [1.82, 2.24) is 25.5 Å².